The summed E-state index contributed by atoms with van der Waals surface area (Å²) < 4.78 is 0.800. The number of benzene rings is 1. The second-order valence-corrected chi connectivity index (χ2v) is 6.18. The van der Waals surface area contributed by atoms with Crippen molar-refractivity contribution in [3.63, 3.8) is 0 Å². The van der Waals surface area contributed by atoms with Gasteiger partial charge in [0.15, 0.2) is 0 Å². The Morgan fingerprint density at radius 3 is 2.38 bits per heavy atom. The van der Waals surface area contributed by atoms with Gasteiger partial charge >= 0.3 is 5.97 Å². The molecule has 0 radical (unpaired) electrons. The number of aryl methyl sites for hydroxylation is 1. The Bertz CT molecular complexity index is 554. The maximum absolute atomic E-state index is 12.5. The first-order valence-corrected chi connectivity index (χ1v) is 7.71. The van der Waals surface area contributed by atoms with Crippen LogP contribution in [0, 0.1) is 6.92 Å². The van der Waals surface area contributed by atoms with Crippen molar-refractivity contribution in [1.82, 2.24) is 9.80 Å². The maximum Gasteiger partial charge on any atom is 0.320 e. The molecule has 1 heterocycles. The second kappa shape index (κ2) is 6.58. The monoisotopic (exact) mass is 354 g/mol. The molecule has 5 nitrogen and oxygen atoms in total. The van der Waals surface area contributed by atoms with E-state index in [1.807, 2.05) is 30.0 Å². The number of piperazine rings is 1. The highest BCUT2D eigenvalue weighted by Gasteiger charge is 2.28. The van der Waals surface area contributed by atoms with E-state index in [-0.39, 0.29) is 5.91 Å². The summed E-state index contributed by atoms with van der Waals surface area (Å²) in [5, 5.41) is 9.02. The number of hydrogen-bond donors (Lipinski definition) is 1. The Morgan fingerprint density at radius 1 is 1.24 bits per heavy atom. The highest BCUT2D eigenvalue weighted by atomic mass is 79.9. The Kier molecular flexibility index (Phi) is 5.00. The predicted octanol–water partition coefficient (Wildman–Crippen LogP) is 1.99. The molecule has 0 aliphatic carbocycles. The molecule has 21 heavy (non-hydrogen) atoms. The minimum atomic E-state index is -0.823. The molecule has 2 rings (SSSR count). The predicted molar refractivity (Wildman–Crippen MR) is 83.5 cm³/mol. The van der Waals surface area contributed by atoms with Gasteiger partial charge in [0.2, 0.25) is 0 Å². The first-order chi connectivity index (χ1) is 9.90. The third-order valence-electron chi connectivity index (χ3n) is 3.86. The molecular weight excluding hydrogens is 336 g/mol. The van der Waals surface area contributed by atoms with Gasteiger partial charge in [-0.3, -0.25) is 14.5 Å². The van der Waals surface area contributed by atoms with Crippen LogP contribution in [0.3, 0.4) is 0 Å². The topological polar surface area (TPSA) is 60.9 Å². The molecule has 1 fully saturated rings. The molecule has 1 amide bonds. The van der Waals surface area contributed by atoms with Crippen LogP contribution >= 0.6 is 15.9 Å². The first-order valence-electron chi connectivity index (χ1n) is 6.92. The van der Waals surface area contributed by atoms with Gasteiger partial charge in [-0.1, -0.05) is 6.07 Å². The van der Waals surface area contributed by atoms with Gasteiger partial charge in [0, 0.05) is 30.7 Å². The number of carboxylic acids is 1. The molecule has 0 spiro atoms. The van der Waals surface area contributed by atoms with Gasteiger partial charge < -0.3 is 10.0 Å². The van der Waals surface area contributed by atoms with Crippen LogP contribution in [0.5, 0.6) is 0 Å². The highest BCUT2D eigenvalue weighted by molar-refractivity contribution is 9.10. The van der Waals surface area contributed by atoms with Gasteiger partial charge in [0.1, 0.15) is 6.04 Å². The summed E-state index contributed by atoms with van der Waals surface area (Å²) in [5.74, 6) is -0.833. The SMILES string of the molecule is Cc1ccc(C(=O)N2CCN(C(C)C(=O)O)CC2)c(Br)c1. The summed E-state index contributed by atoms with van der Waals surface area (Å²) in [6, 6.07) is 5.17. The van der Waals surface area contributed by atoms with Crippen molar-refractivity contribution in [3.8, 4) is 0 Å². The Balaban J connectivity index is 2.02. The molecule has 6 heteroatoms. The number of rotatable bonds is 3. The van der Waals surface area contributed by atoms with Crippen molar-refractivity contribution in [3.05, 3.63) is 33.8 Å². The number of nitrogens with zero attached hydrogens (tertiary/aromatic N) is 2. The zero-order valence-corrected chi connectivity index (χ0v) is 13.8. The first kappa shape index (κ1) is 16.0. The zero-order chi connectivity index (χ0) is 15.6. The van der Waals surface area contributed by atoms with Crippen LogP contribution in [0.1, 0.15) is 22.8 Å². The highest BCUT2D eigenvalue weighted by Crippen LogP contribution is 2.21. The van der Waals surface area contributed by atoms with Crippen molar-refractivity contribution in [2.45, 2.75) is 19.9 Å². The minimum Gasteiger partial charge on any atom is -0.480 e. The average molecular weight is 355 g/mol. The molecular formula is C15H19BrN2O3. The van der Waals surface area contributed by atoms with Gasteiger partial charge in [0.25, 0.3) is 5.91 Å². The summed E-state index contributed by atoms with van der Waals surface area (Å²) in [5.41, 5.74) is 1.75. The number of carbonyl (C=O) groups is 2. The molecule has 1 saturated heterocycles. The lowest BCUT2D eigenvalue weighted by molar-refractivity contribution is -0.143. The fourth-order valence-corrected chi connectivity index (χ4v) is 3.10. The van der Waals surface area contributed by atoms with Crippen LogP contribution < -0.4 is 0 Å². The molecule has 0 aromatic heterocycles. The van der Waals surface area contributed by atoms with E-state index in [0.717, 1.165) is 10.0 Å². The van der Waals surface area contributed by atoms with E-state index in [4.69, 9.17) is 5.11 Å². The number of hydrogen-bond acceptors (Lipinski definition) is 3. The molecule has 0 bridgehead atoms. The van der Waals surface area contributed by atoms with Crippen molar-refractivity contribution >= 4 is 27.8 Å². The quantitative estimate of drug-likeness (QED) is 0.901. The van der Waals surface area contributed by atoms with Crippen LogP contribution in [-0.2, 0) is 4.79 Å². The average Bonchev–Trinajstić information content (AvgIpc) is 2.46. The van der Waals surface area contributed by atoms with E-state index in [2.05, 4.69) is 15.9 Å². The van der Waals surface area contributed by atoms with Crippen LogP contribution in [-0.4, -0.2) is 59.0 Å². The van der Waals surface area contributed by atoms with E-state index < -0.39 is 12.0 Å². The fraction of sp³-hybridized carbons (Fsp3) is 0.467. The molecule has 0 saturated carbocycles. The zero-order valence-electron chi connectivity index (χ0n) is 12.2. The molecule has 1 aliphatic rings. The summed E-state index contributed by atoms with van der Waals surface area (Å²) in [4.78, 5) is 27.2. The standard InChI is InChI=1S/C15H19BrN2O3/c1-10-3-4-12(13(16)9-10)14(19)18-7-5-17(6-8-18)11(2)15(20)21/h3-4,9,11H,5-8H2,1-2H3,(H,20,21). The number of amides is 1. The van der Waals surface area contributed by atoms with Gasteiger partial charge in [-0.05, 0) is 47.5 Å². The summed E-state index contributed by atoms with van der Waals surface area (Å²) in [6.45, 7) is 5.93. The van der Waals surface area contributed by atoms with Crippen LogP contribution in [0.2, 0.25) is 0 Å². The van der Waals surface area contributed by atoms with E-state index in [1.54, 1.807) is 11.8 Å². The number of halogens is 1. The third kappa shape index (κ3) is 3.63. The van der Waals surface area contributed by atoms with Crippen LogP contribution in [0.15, 0.2) is 22.7 Å². The molecule has 1 aromatic rings. The molecule has 1 unspecified atom stereocenters. The van der Waals surface area contributed by atoms with Crippen molar-refractivity contribution < 1.29 is 14.7 Å². The van der Waals surface area contributed by atoms with Crippen molar-refractivity contribution in [2.24, 2.45) is 0 Å². The van der Waals surface area contributed by atoms with Crippen LogP contribution in [0.25, 0.3) is 0 Å². The van der Waals surface area contributed by atoms with E-state index in [1.165, 1.54) is 0 Å². The maximum atomic E-state index is 12.5. The summed E-state index contributed by atoms with van der Waals surface area (Å²) >= 11 is 3.43. The van der Waals surface area contributed by atoms with Crippen LogP contribution in [0.4, 0.5) is 0 Å². The number of carbonyl (C=O) groups excluding carboxylic acids is 1. The fourth-order valence-electron chi connectivity index (χ4n) is 2.43. The van der Waals surface area contributed by atoms with Gasteiger partial charge in [-0.2, -0.15) is 0 Å². The number of carboxylic acid groups (broad SMARTS) is 1. The third-order valence-corrected chi connectivity index (χ3v) is 4.52. The van der Waals surface area contributed by atoms with Crippen molar-refractivity contribution in [2.75, 3.05) is 26.2 Å². The Morgan fingerprint density at radius 2 is 1.86 bits per heavy atom. The molecule has 1 N–H and O–H groups in total. The lowest BCUT2D eigenvalue weighted by Gasteiger charge is -2.36. The molecule has 114 valence electrons. The largest absolute Gasteiger partial charge is 0.480 e. The lowest BCUT2D eigenvalue weighted by Crippen LogP contribution is -2.53. The van der Waals surface area contributed by atoms with Gasteiger partial charge in [-0.25, -0.2) is 0 Å². The number of aliphatic carboxylic acids is 1. The summed E-state index contributed by atoms with van der Waals surface area (Å²) in [6.07, 6.45) is 0. The smallest absolute Gasteiger partial charge is 0.320 e. The summed E-state index contributed by atoms with van der Waals surface area (Å²) in [7, 11) is 0. The van der Waals surface area contributed by atoms with E-state index in [0.29, 0.717) is 31.7 Å². The lowest BCUT2D eigenvalue weighted by atomic mass is 10.1. The van der Waals surface area contributed by atoms with Gasteiger partial charge in [0.05, 0.1) is 5.56 Å². The van der Waals surface area contributed by atoms with E-state index in [9.17, 15) is 9.59 Å². The minimum absolute atomic E-state index is 0.00972. The van der Waals surface area contributed by atoms with Gasteiger partial charge in [-0.15, -0.1) is 0 Å². The molecule has 1 aromatic carbocycles. The molecule has 1 aliphatic heterocycles. The van der Waals surface area contributed by atoms with E-state index >= 15 is 0 Å². The Hall–Kier alpha value is -1.40. The molecule has 1 atom stereocenters. The normalized spacial score (nSPS) is 17.6. The van der Waals surface area contributed by atoms with Crippen molar-refractivity contribution in [1.29, 1.82) is 0 Å². The second-order valence-electron chi connectivity index (χ2n) is 5.33. The Labute approximate surface area is 132 Å².